The van der Waals surface area contributed by atoms with Crippen LogP contribution in [0.25, 0.3) is 11.4 Å². The van der Waals surface area contributed by atoms with Crippen molar-refractivity contribution in [1.82, 2.24) is 9.97 Å². The molecule has 1 heterocycles. The van der Waals surface area contributed by atoms with Crippen molar-refractivity contribution in [3.8, 4) is 11.4 Å². The Hall–Kier alpha value is -1.21. The fraction of sp³-hybridized carbons (Fsp3) is 0.0909. The van der Waals surface area contributed by atoms with E-state index in [2.05, 4.69) is 25.9 Å². The van der Waals surface area contributed by atoms with Crippen molar-refractivity contribution >= 4 is 27.5 Å². The van der Waals surface area contributed by atoms with Gasteiger partial charge in [0.25, 0.3) is 0 Å². The highest BCUT2D eigenvalue weighted by Gasteiger charge is 2.31. The zero-order valence-corrected chi connectivity index (χ0v) is 11.3. The number of hydrogen-bond donors (Lipinski definition) is 0. The quantitative estimate of drug-likeness (QED) is 0.546. The standard InChI is InChI=1S/C11H4BrClF4N2/c12-8-4-18-10(19-9(8)13)5-1-6(11(15,16)17)3-7(14)2-5/h1-4H. The molecule has 0 saturated carbocycles. The minimum atomic E-state index is -4.64. The van der Waals surface area contributed by atoms with E-state index in [4.69, 9.17) is 11.6 Å². The second kappa shape index (κ2) is 5.05. The van der Waals surface area contributed by atoms with Gasteiger partial charge < -0.3 is 0 Å². The van der Waals surface area contributed by atoms with E-state index in [0.717, 1.165) is 12.1 Å². The molecule has 0 unspecified atom stereocenters. The predicted molar refractivity (Wildman–Crippen MR) is 65.1 cm³/mol. The summed E-state index contributed by atoms with van der Waals surface area (Å²) in [5, 5.41) is 0.0304. The fourth-order valence-electron chi connectivity index (χ4n) is 1.37. The van der Waals surface area contributed by atoms with Crippen LogP contribution in [0, 0.1) is 5.82 Å². The van der Waals surface area contributed by atoms with Gasteiger partial charge in [0.2, 0.25) is 0 Å². The van der Waals surface area contributed by atoms with E-state index < -0.39 is 17.6 Å². The van der Waals surface area contributed by atoms with E-state index in [-0.39, 0.29) is 16.5 Å². The van der Waals surface area contributed by atoms with E-state index >= 15 is 0 Å². The SMILES string of the molecule is Fc1cc(-c2ncc(Br)c(Cl)n2)cc(C(F)(F)F)c1. The first-order valence-corrected chi connectivity index (χ1v) is 6.00. The third-order valence-corrected chi connectivity index (χ3v) is 3.28. The molecule has 19 heavy (non-hydrogen) atoms. The van der Waals surface area contributed by atoms with Gasteiger partial charge in [0.15, 0.2) is 5.82 Å². The second-order valence-corrected chi connectivity index (χ2v) is 4.77. The van der Waals surface area contributed by atoms with E-state index in [9.17, 15) is 17.6 Å². The van der Waals surface area contributed by atoms with Gasteiger partial charge in [-0.15, -0.1) is 0 Å². The molecule has 1 aromatic heterocycles. The number of halogens is 6. The summed E-state index contributed by atoms with van der Waals surface area (Å²) in [5.74, 6) is -1.11. The largest absolute Gasteiger partial charge is 0.416 e. The number of alkyl halides is 3. The normalized spacial score (nSPS) is 11.7. The van der Waals surface area contributed by atoms with Gasteiger partial charge in [-0.3, -0.25) is 0 Å². The maximum absolute atomic E-state index is 13.2. The monoisotopic (exact) mass is 354 g/mol. The van der Waals surface area contributed by atoms with Gasteiger partial charge in [-0.1, -0.05) is 11.6 Å². The molecule has 0 aliphatic rings. The molecular formula is C11H4BrClF4N2. The number of aromatic nitrogens is 2. The highest BCUT2D eigenvalue weighted by molar-refractivity contribution is 9.10. The molecule has 0 aliphatic carbocycles. The summed E-state index contributed by atoms with van der Waals surface area (Å²) in [6, 6.07) is 2.08. The molecule has 0 saturated heterocycles. The minimum absolute atomic E-state index is 0.0304. The lowest BCUT2D eigenvalue weighted by Gasteiger charge is -2.09. The lowest BCUT2D eigenvalue weighted by atomic mass is 10.1. The van der Waals surface area contributed by atoms with Gasteiger partial charge in [0.1, 0.15) is 11.0 Å². The summed E-state index contributed by atoms with van der Waals surface area (Å²) in [4.78, 5) is 7.58. The molecule has 2 rings (SSSR count). The number of benzene rings is 1. The molecule has 0 amide bonds. The number of hydrogen-bond acceptors (Lipinski definition) is 2. The molecule has 0 radical (unpaired) electrons. The van der Waals surface area contributed by atoms with Crippen molar-refractivity contribution in [1.29, 1.82) is 0 Å². The van der Waals surface area contributed by atoms with Crippen molar-refractivity contribution in [2.45, 2.75) is 6.18 Å². The molecule has 2 nitrogen and oxygen atoms in total. The van der Waals surface area contributed by atoms with Crippen molar-refractivity contribution in [2.75, 3.05) is 0 Å². The molecule has 0 bridgehead atoms. The molecule has 0 N–H and O–H groups in total. The van der Waals surface area contributed by atoms with Crippen LogP contribution >= 0.6 is 27.5 Å². The van der Waals surface area contributed by atoms with Crippen molar-refractivity contribution in [3.63, 3.8) is 0 Å². The molecule has 8 heteroatoms. The Balaban J connectivity index is 2.56. The molecule has 0 atom stereocenters. The van der Waals surface area contributed by atoms with Crippen LogP contribution in [-0.4, -0.2) is 9.97 Å². The van der Waals surface area contributed by atoms with Crippen LogP contribution in [0.3, 0.4) is 0 Å². The van der Waals surface area contributed by atoms with Crippen LogP contribution in [0.15, 0.2) is 28.9 Å². The average molecular weight is 356 g/mol. The molecular weight excluding hydrogens is 351 g/mol. The summed E-state index contributed by atoms with van der Waals surface area (Å²) < 4.78 is 51.3. The summed E-state index contributed by atoms with van der Waals surface area (Å²) in [5.41, 5.74) is -1.20. The van der Waals surface area contributed by atoms with Crippen molar-refractivity contribution in [2.24, 2.45) is 0 Å². The number of rotatable bonds is 1. The Morgan fingerprint density at radius 3 is 2.42 bits per heavy atom. The third-order valence-electron chi connectivity index (χ3n) is 2.18. The average Bonchev–Trinajstić information content (AvgIpc) is 2.31. The molecule has 2 aromatic rings. The van der Waals surface area contributed by atoms with Gasteiger partial charge >= 0.3 is 6.18 Å². The van der Waals surface area contributed by atoms with Crippen LogP contribution in [-0.2, 0) is 6.18 Å². The Labute approximate surface area is 118 Å². The van der Waals surface area contributed by atoms with Gasteiger partial charge in [-0.25, -0.2) is 14.4 Å². The second-order valence-electron chi connectivity index (χ2n) is 3.56. The van der Waals surface area contributed by atoms with Crippen molar-refractivity contribution in [3.05, 3.63) is 45.4 Å². The van der Waals surface area contributed by atoms with E-state index in [1.54, 1.807) is 0 Å². The molecule has 0 fully saturated rings. The minimum Gasteiger partial charge on any atom is -0.235 e. The summed E-state index contributed by atoms with van der Waals surface area (Å²) >= 11 is 8.77. The van der Waals surface area contributed by atoms with Gasteiger partial charge in [0.05, 0.1) is 10.0 Å². The highest BCUT2D eigenvalue weighted by atomic mass is 79.9. The first kappa shape index (κ1) is 14.2. The van der Waals surface area contributed by atoms with E-state index in [1.165, 1.54) is 6.20 Å². The maximum atomic E-state index is 13.2. The van der Waals surface area contributed by atoms with Gasteiger partial charge in [-0.2, -0.15) is 13.2 Å². The van der Waals surface area contributed by atoms with Gasteiger partial charge in [-0.05, 0) is 34.1 Å². The summed E-state index contributed by atoms with van der Waals surface area (Å²) in [6.45, 7) is 0. The molecule has 0 spiro atoms. The first-order chi connectivity index (χ1) is 8.77. The Bertz CT molecular complexity index is 631. The first-order valence-electron chi connectivity index (χ1n) is 4.83. The maximum Gasteiger partial charge on any atom is 0.416 e. The zero-order chi connectivity index (χ0) is 14.2. The smallest absolute Gasteiger partial charge is 0.235 e. The lowest BCUT2D eigenvalue weighted by Crippen LogP contribution is -2.06. The van der Waals surface area contributed by atoms with E-state index in [1.807, 2.05) is 0 Å². The number of nitrogens with zero attached hydrogens (tertiary/aromatic N) is 2. The van der Waals surface area contributed by atoms with Crippen LogP contribution in [0.2, 0.25) is 5.15 Å². The van der Waals surface area contributed by atoms with Crippen LogP contribution in [0.1, 0.15) is 5.56 Å². The van der Waals surface area contributed by atoms with Crippen LogP contribution in [0.4, 0.5) is 17.6 Å². The lowest BCUT2D eigenvalue weighted by molar-refractivity contribution is -0.137. The predicted octanol–water partition coefficient (Wildman–Crippen LogP) is 4.72. The Morgan fingerprint density at radius 2 is 1.84 bits per heavy atom. The van der Waals surface area contributed by atoms with Gasteiger partial charge in [0, 0.05) is 11.8 Å². The third kappa shape index (κ3) is 3.22. The topological polar surface area (TPSA) is 25.8 Å². The summed E-state index contributed by atoms with van der Waals surface area (Å²) in [6.07, 6.45) is -3.36. The Morgan fingerprint density at radius 1 is 1.16 bits per heavy atom. The van der Waals surface area contributed by atoms with Crippen molar-refractivity contribution < 1.29 is 17.6 Å². The fourth-order valence-corrected chi connectivity index (χ4v) is 1.69. The van der Waals surface area contributed by atoms with E-state index in [0.29, 0.717) is 10.5 Å². The van der Waals surface area contributed by atoms with Crippen LogP contribution < -0.4 is 0 Å². The molecule has 1 aromatic carbocycles. The Kier molecular flexibility index (Phi) is 3.78. The highest BCUT2D eigenvalue weighted by Crippen LogP contribution is 2.33. The molecule has 100 valence electrons. The summed E-state index contributed by atoms with van der Waals surface area (Å²) in [7, 11) is 0. The zero-order valence-electron chi connectivity index (χ0n) is 8.97. The molecule has 0 aliphatic heterocycles. The van der Waals surface area contributed by atoms with Crippen LogP contribution in [0.5, 0.6) is 0 Å².